The van der Waals surface area contributed by atoms with Gasteiger partial charge in [0.1, 0.15) is 5.82 Å². The van der Waals surface area contributed by atoms with Gasteiger partial charge in [-0.1, -0.05) is 23.7 Å². The number of methoxy groups -OCH3 is 2. The molecule has 28 heavy (non-hydrogen) atoms. The molecule has 1 aliphatic rings. The average Bonchev–Trinajstić information content (AvgIpc) is 3.03. The number of ether oxygens (including phenoxy) is 2. The number of para-hydroxylation sites is 1. The second-order valence-corrected chi connectivity index (χ2v) is 6.75. The van der Waals surface area contributed by atoms with E-state index in [9.17, 15) is 4.79 Å². The van der Waals surface area contributed by atoms with E-state index in [0.717, 1.165) is 16.8 Å². The number of halogens is 1. The number of benzene rings is 1. The Hall–Kier alpha value is -3.13. The molecule has 0 fully saturated rings. The molecule has 8 nitrogen and oxygen atoms in total. The van der Waals surface area contributed by atoms with Gasteiger partial charge < -0.3 is 14.8 Å². The van der Waals surface area contributed by atoms with E-state index in [1.54, 1.807) is 31.0 Å². The average molecular weight is 400 g/mol. The number of carbonyl (C=O) groups excluding carboxylic acids is 1. The highest BCUT2D eigenvalue weighted by Gasteiger charge is 2.35. The number of aromatic nitrogens is 4. The van der Waals surface area contributed by atoms with Gasteiger partial charge in [-0.25, -0.2) is 0 Å². The normalized spacial score (nSPS) is 15.7. The largest absolute Gasteiger partial charge is 0.493 e. The molecule has 9 heteroatoms. The Labute approximate surface area is 166 Å². The van der Waals surface area contributed by atoms with Crippen molar-refractivity contribution in [3.63, 3.8) is 0 Å². The summed E-state index contributed by atoms with van der Waals surface area (Å²) in [4.78, 5) is 12.5. The zero-order valence-corrected chi connectivity index (χ0v) is 16.3. The van der Waals surface area contributed by atoms with Crippen molar-refractivity contribution in [2.75, 3.05) is 19.5 Å². The summed E-state index contributed by atoms with van der Waals surface area (Å²) >= 11 is 5.84. The number of fused-ring (bicyclic) bond motifs is 1. The van der Waals surface area contributed by atoms with E-state index in [1.807, 2.05) is 25.1 Å². The van der Waals surface area contributed by atoms with E-state index in [0.29, 0.717) is 23.1 Å². The Kier molecular flexibility index (Phi) is 4.64. The second-order valence-electron chi connectivity index (χ2n) is 6.36. The topological polar surface area (TPSA) is 91.2 Å². The van der Waals surface area contributed by atoms with Gasteiger partial charge in [-0.15, -0.1) is 10.2 Å². The molecule has 3 aromatic rings. The van der Waals surface area contributed by atoms with Gasteiger partial charge in [0.2, 0.25) is 5.91 Å². The summed E-state index contributed by atoms with van der Waals surface area (Å²) in [6, 6.07) is 8.97. The lowest BCUT2D eigenvalue weighted by molar-refractivity contribution is -0.116. The molecular formula is C19H18ClN5O3. The molecule has 0 bridgehead atoms. The van der Waals surface area contributed by atoms with Crippen molar-refractivity contribution in [2.24, 2.45) is 0 Å². The Bertz CT molecular complexity index is 1050. The molecule has 1 aliphatic heterocycles. The monoisotopic (exact) mass is 399 g/mol. The summed E-state index contributed by atoms with van der Waals surface area (Å²) in [5.74, 6) is 1.90. The van der Waals surface area contributed by atoms with Crippen LogP contribution >= 0.6 is 11.6 Å². The molecule has 1 aromatic carbocycles. The van der Waals surface area contributed by atoms with Gasteiger partial charge in [-0.3, -0.25) is 4.79 Å². The molecule has 1 unspecified atom stereocenters. The summed E-state index contributed by atoms with van der Waals surface area (Å²) in [6.45, 7) is 1.90. The standard InChI is InChI=1S/C19H18ClN5O3/c1-10-17-12(11-5-4-6-13(27-2)18(11)28-3)9-16(26)21-19(17)25(24-10)15-8-7-14(20)22-23-15/h4-8,12H,9H2,1-3H3,(H,21,26). The van der Waals surface area contributed by atoms with Crippen LogP contribution in [-0.4, -0.2) is 40.1 Å². The molecule has 1 N–H and O–H groups in total. The highest BCUT2D eigenvalue weighted by atomic mass is 35.5. The van der Waals surface area contributed by atoms with Crippen LogP contribution < -0.4 is 14.8 Å². The fourth-order valence-corrected chi connectivity index (χ4v) is 3.69. The van der Waals surface area contributed by atoms with Gasteiger partial charge in [0, 0.05) is 23.5 Å². The maximum atomic E-state index is 12.5. The minimum absolute atomic E-state index is 0.120. The zero-order chi connectivity index (χ0) is 19.8. The minimum atomic E-state index is -0.234. The SMILES string of the molecule is COc1cccc(C2CC(=O)Nc3c2c(C)nn3-c2ccc(Cl)nn2)c1OC. The number of anilines is 1. The number of nitrogens with zero attached hydrogens (tertiary/aromatic N) is 4. The molecule has 0 saturated carbocycles. The first-order chi connectivity index (χ1) is 13.5. The van der Waals surface area contributed by atoms with E-state index in [4.69, 9.17) is 21.1 Å². The third kappa shape index (κ3) is 2.95. The van der Waals surface area contributed by atoms with Gasteiger partial charge in [0.25, 0.3) is 0 Å². The maximum absolute atomic E-state index is 12.5. The van der Waals surface area contributed by atoms with Gasteiger partial charge >= 0.3 is 0 Å². The van der Waals surface area contributed by atoms with Gasteiger partial charge in [0.15, 0.2) is 22.5 Å². The zero-order valence-electron chi connectivity index (χ0n) is 15.6. The fourth-order valence-electron chi connectivity index (χ4n) is 3.59. The van der Waals surface area contributed by atoms with Gasteiger partial charge in [-0.05, 0) is 25.1 Å². The van der Waals surface area contributed by atoms with E-state index in [-0.39, 0.29) is 23.4 Å². The molecule has 0 radical (unpaired) electrons. The molecule has 1 atom stereocenters. The molecular weight excluding hydrogens is 382 g/mol. The predicted octanol–water partition coefficient (Wildman–Crippen LogP) is 3.12. The Morgan fingerprint density at radius 3 is 2.68 bits per heavy atom. The van der Waals surface area contributed by atoms with Crippen molar-refractivity contribution >= 4 is 23.3 Å². The Balaban J connectivity index is 1.89. The van der Waals surface area contributed by atoms with Crippen molar-refractivity contribution < 1.29 is 14.3 Å². The molecule has 0 spiro atoms. The lowest BCUT2D eigenvalue weighted by atomic mass is 9.85. The van der Waals surface area contributed by atoms with Gasteiger partial charge in [-0.2, -0.15) is 9.78 Å². The number of hydrogen-bond acceptors (Lipinski definition) is 6. The van der Waals surface area contributed by atoms with Crippen LogP contribution in [0.1, 0.15) is 29.2 Å². The first-order valence-corrected chi connectivity index (χ1v) is 9.01. The van der Waals surface area contributed by atoms with Crippen LogP contribution in [0.2, 0.25) is 5.15 Å². The predicted molar refractivity (Wildman–Crippen MR) is 104 cm³/mol. The number of carbonyl (C=O) groups is 1. The van der Waals surface area contributed by atoms with Crippen LogP contribution in [0.5, 0.6) is 11.5 Å². The number of amides is 1. The van der Waals surface area contributed by atoms with Crippen molar-refractivity contribution in [1.82, 2.24) is 20.0 Å². The van der Waals surface area contributed by atoms with Crippen molar-refractivity contribution in [3.05, 3.63) is 52.3 Å². The molecule has 4 rings (SSSR count). The minimum Gasteiger partial charge on any atom is -0.493 e. The first-order valence-electron chi connectivity index (χ1n) is 8.63. The smallest absolute Gasteiger partial charge is 0.226 e. The number of hydrogen-bond donors (Lipinski definition) is 1. The summed E-state index contributed by atoms with van der Waals surface area (Å²) in [6.07, 6.45) is 0.273. The molecule has 3 heterocycles. The highest BCUT2D eigenvalue weighted by Crippen LogP contribution is 2.45. The Morgan fingerprint density at radius 1 is 1.18 bits per heavy atom. The van der Waals surface area contributed by atoms with E-state index in [2.05, 4.69) is 20.6 Å². The lowest BCUT2D eigenvalue weighted by Gasteiger charge is -2.26. The Morgan fingerprint density at radius 2 is 2.00 bits per heavy atom. The first kappa shape index (κ1) is 18.2. The fraction of sp³-hybridized carbons (Fsp3) is 0.263. The van der Waals surface area contributed by atoms with E-state index in [1.165, 1.54) is 0 Å². The summed E-state index contributed by atoms with van der Waals surface area (Å²) in [5, 5.41) is 15.7. The van der Waals surface area contributed by atoms with Crippen LogP contribution in [0.15, 0.2) is 30.3 Å². The third-order valence-electron chi connectivity index (χ3n) is 4.75. The van der Waals surface area contributed by atoms with Crippen molar-refractivity contribution in [3.8, 4) is 17.3 Å². The summed E-state index contributed by atoms with van der Waals surface area (Å²) in [7, 11) is 3.17. The quantitative estimate of drug-likeness (QED) is 0.724. The van der Waals surface area contributed by atoms with Crippen LogP contribution in [0.3, 0.4) is 0 Å². The van der Waals surface area contributed by atoms with E-state index < -0.39 is 0 Å². The van der Waals surface area contributed by atoms with Gasteiger partial charge in [0.05, 0.1) is 19.9 Å². The number of aryl methyl sites for hydroxylation is 1. The summed E-state index contributed by atoms with van der Waals surface area (Å²) in [5.41, 5.74) is 2.55. The molecule has 1 amide bonds. The molecule has 0 aliphatic carbocycles. The van der Waals surface area contributed by atoms with E-state index >= 15 is 0 Å². The number of nitrogens with one attached hydrogen (secondary N) is 1. The van der Waals surface area contributed by atoms with Crippen LogP contribution in [0, 0.1) is 6.92 Å². The second kappa shape index (κ2) is 7.12. The number of rotatable bonds is 4. The maximum Gasteiger partial charge on any atom is 0.226 e. The van der Waals surface area contributed by atoms with Crippen LogP contribution in [0.4, 0.5) is 5.82 Å². The van der Waals surface area contributed by atoms with Crippen molar-refractivity contribution in [2.45, 2.75) is 19.3 Å². The van der Waals surface area contributed by atoms with Crippen LogP contribution in [0.25, 0.3) is 5.82 Å². The lowest BCUT2D eigenvalue weighted by Crippen LogP contribution is -2.25. The molecule has 2 aromatic heterocycles. The third-order valence-corrected chi connectivity index (χ3v) is 4.95. The van der Waals surface area contributed by atoms with Crippen LogP contribution in [-0.2, 0) is 4.79 Å². The molecule has 144 valence electrons. The molecule has 0 saturated heterocycles. The van der Waals surface area contributed by atoms with Crippen molar-refractivity contribution in [1.29, 1.82) is 0 Å². The summed E-state index contributed by atoms with van der Waals surface area (Å²) < 4.78 is 12.6. The highest BCUT2D eigenvalue weighted by molar-refractivity contribution is 6.29.